The summed E-state index contributed by atoms with van der Waals surface area (Å²) in [7, 11) is 0. The van der Waals surface area contributed by atoms with Crippen molar-refractivity contribution < 1.29 is 9.84 Å². The predicted molar refractivity (Wildman–Crippen MR) is 72.1 cm³/mol. The third-order valence-electron chi connectivity index (χ3n) is 3.51. The van der Waals surface area contributed by atoms with Crippen molar-refractivity contribution in [3.05, 3.63) is 11.4 Å². The van der Waals surface area contributed by atoms with Gasteiger partial charge in [-0.05, 0) is 12.8 Å². The number of nitrogens with one attached hydrogen (secondary N) is 1. The van der Waals surface area contributed by atoms with Crippen LogP contribution >= 0.6 is 0 Å². The van der Waals surface area contributed by atoms with E-state index in [0.29, 0.717) is 38.5 Å². The second kappa shape index (κ2) is 6.25. The number of aliphatic hydroxyl groups is 1. The molecule has 0 bridgehead atoms. The quantitative estimate of drug-likeness (QED) is 0.826. The number of nitrogens with zero attached hydrogens (tertiary/aromatic N) is 3. The molecule has 1 aliphatic rings. The highest BCUT2D eigenvalue weighted by molar-refractivity contribution is 5.26. The largest absolute Gasteiger partial charge is 0.388 e. The lowest BCUT2D eigenvalue weighted by Gasteiger charge is -2.32. The normalized spacial score (nSPS) is 18.3. The molecule has 0 unspecified atom stereocenters. The molecule has 6 heteroatoms. The molecule has 2 rings (SSSR count). The van der Waals surface area contributed by atoms with Gasteiger partial charge in [-0.25, -0.2) is 4.98 Å². The maximum Gasteiger partial charge on any atom is 0.243 e. The molecule has 106 valence electrons. The van der Waals surface area contributed by atoms with Gasteiger partial charge in [0, 0.05) is 32.6 Å². The van der Waals surface area contributed by atoms with Gasteiger partial charge in [0.15, 0.2) is 0 Å². The summed E-state index contributed by atoms with van der Waals surface area (Å²) in [5, 5.41) is 21.7. The molecule has 0 radical (unpaired) electrons. The molecule has 0 atom stereocenters. The maximum absolute atomic E-state index is 10.3. The van der Waals surface area contributed by atoms with Gasteiger partial charge in [0.1, 0.15) is 0 Å². The molecule has 1 fully saturated rings. The summed E-state index contributed by atoms with van der Waals surface area (Å²) in [5.41, 5.74) is 1.19. The summed E-state index contributed by atoms with van der Waals surface area (Å²) in [6, 6.07) is 0. The summed E-state index contributed by atoms with van der Waals surface area (Å²) in [5.74, 6) is 0.494. The third-order valence-corrected chi connectivity index (χ3v) is 3.51. The third kappa shape index (κ3) is 3.61. The Hall–Kier alpha value is -1.27. The van der Waals surface area contributed by atoms with Crippen molar-refractivity contribution in [1.82, 2.24) is 15.2 Å². The van der Waals surface area contributed by atoms with E-state index in [4.69, 9.17) is 4.74 Å². The van der Waals surface area contributed by atoms with Crippen molar-refractivity contribution in [2.75, 3.05) is 25.1 Å². The van der Waals surface area contributed by atoms with E-state index in [1.807, 2.05) is 6.92 Å². The van der Waals surface area contributed by atoms with Gasteiger partial charge in [-0.15, -0.1) is 5.10 Å². The van der Waals surface area contributed by atoms with Gasteiger partial charge in [0.25, 0.3) is 0 Å². The Kier molecular flexibility index (Phi) is 4.66. The summed E-state index contributed by atoms with van der Waals surface area (Å²) in [4.78, 5) is 4.45. The number of ether oxygens (including phenoxy) is 1. The van der Waals surface area contributed by atoms with Gasteiger partial charge in [0.2, 0.25) is 5.95 Å². The minimum atomic E-state index is -0.725. The van der Waals surface area contributed by atoms with Crippen molar-refractivity contribution in [3.63, 3.8) is 0 Å². The van der Waals surface area contributed by atoms with Crippen LogP contribution in [0.5, 0.6) is 0 Å². The molecular weight excluding hydrogens is 244 g/mol. The van der Waals surface area contributed by atoms with Crippen LogP contribution in [-0.2, 0) is 17.6 Å². The van der Waals surface area contributed by atoms with E-state index in [-0.39, 0.29) is 0 Å². The maximum atomic E-state index is 10.3. The zero-order valence-corrected chi connectivity index (χ0v) is 11.6. The molecule has 2 N–H and O–H groups in total. The first-order valence-electron chi connectivity index (χ1n) is 6.93. The SMILES string of the molecule is CCc1nnc(NCC2(O)CCOCC2)nc1CC. The lowest BCUT2D eigenvalue weighted by molar-refractivity contribution is -0.0544. The molecule has 0 saturated carbocycles. The van der Waals surface area contributed by atoms with Gasteiger partial charge < -0.3 is 15.2 Å². The Bertz CT molecular complexity index is 419. The molecule has 1 aromatic rings. The van der Waals surface area contributed by atoms with Gasteiger partial charge >= 0.3 is 0 Å². The monoisotopic (exact) mass is 266 g/mol. The predicted octanol–water partition coefficient (Wildman–Crippen LogP) is 0.950. The van der Waals surface area contributed by atoms with Crippen molar-refractivity contribution in [3.8, 4) is 0 Å². The topological polar surface area (TPSA) is 80.2 Å². The summed E-state index contributed by atoms with van der Waals surface area (Å²) >= 11 is 0. The Labute approximate surface area is 113 Å². The highest BCUT2D eigenvalue weighted by Gasteiger charge is 2.29. The lowest BCUT2D eigenvalue weighted by atomic mass is 9.94. The molecule has 0 amide bonds. The number of aryl methyl sites for hydroxylation is 2. The average Bonchev–Trinajstić information content (AvgIpc) is 2.45. The fraction of sp³-hybridized carbons (Fsp3) is 0.769. The number of aromatic nitrogens is 3. The van der Waals surface area contributed by atoms with Crippen LogP contribution in [0.15, 0.2) is 0 Å². The minimum Gasteiger partial charge on any atom is -0.388 e. The van der Waals surface area contributed by atoms with Crippen molar-refractivity contribution >= 4 is 5.95 Å². The van der Waals surface area contributed by atoms with E-state index in [2.05, 4.69) is 27.4 Å². The standard InChI is InChI=1S/C13H22N4O2/c1-3-10-11(4-2)16-17-12(15-10)14-9-13(18)5-7-19-8-6-13/h18H,3-9H2,1-2H3,(H,14,15,17). The van der Waals surface area contributed by atoms with E-state index in [9.17, 15) is 5.11 Å². The van der Waals surface area contributed by atoms with Crippen LogP contribution in [0, 0.1) is 0 Å². The van der Waals surface area contributed by atoms with Crippen LogP contribution in [0.25, 0.3) is 0 Å². The molecule has 1 saturated heterocycles. The minimum absolute atomic E-state index is 0.437. The summed E-state index contributed by atoms with van der Waals surface area (Å²) < 4.78 is 5.25. The van der Waals surface area contributed by atoms with Gasteiger partial charge in [-0.3, -0.25) is 0 Å². The number of rotatable bonds is 5. The van der Waals surface area contributed by atoms with Crippen LogP contribution in [0.1, 0.15) is 38.1 Å². The second-order valence-electron chi connectivity index (χ2n) is 4.93. The van der Waals surface area contributed by atoms with E-state index < -0.39 is 5.60 Å². The lowest BCUT2D eigenvalue weighted by Crippen LogP contribution is -2.42. The number of hydrogen-bond acceptors (Lipinski definition) is 6. The first-order chi connectivity index (χ1) is 9.17. The van der Waals surface area contributed by atoms with Crippen LogP contribution < -0.4 is 5.32 Å². The molecule has 1 aromatic heterocycles. The van der Waals surface area contributed by atoms with Crippen molar-refractivity contribution in [2.45, 2.75) is 45.1 Å². The Morgan fingerprint density at radius 2 is 1.84 bits per heavy atom. The van der Waals surface area contributed by atoms with E-state index in [0.717, 1.165) is 24.2 Å². The molecule has 0 aromatic carbocycles. The number of hydrogen-bond donors (Lipinski definition) is 2. The fourth-order valence-electron chi connectivity index (χ4n) is 2.18. The molecule has 6 nitrogen and oxygen atoms in total. The molecule has 0 spiro atoms. The Morgan fingerprint density at radius 1 is 1.16 bits per heavy atom. The molecule has 2 heterocycles. The van der Waals surface area contributed by atoms with Crippen molar-refractivity contribution in [2.24, 2.45) is 0 Å². The van der Waals surface area contributed by atoms with Crippen LogP contribution in [0.2, 0.25) is 0 Å². The highest BCUT2D eigenvalue weighted by atomic mass is 16.5. The van der Waals surface area contributed by atoms with E-state index in [1.54, 1.807) is 0 Å². The molecule has 0 aliphatic carbocycles. The Balaban J connectivity index is 1.99. The first-order valence-corrected chi connectivity index (χ1v) is 6.93. The van der Waals surface area contributed by atoms with Crippen molar-refractivity contribution in [1.29, 1.82) is 0 Å². The summed E-state index contributed by atoms with van der Waals surface area (Å²) in [6.45, 7) is 5.74. The molecular formula is C13H22N4O2. The van der Waals surface area contributed by atoms with Crippen LogP contribution in [-0.4, -0.2) is 45.6 Å². The van der Waals surface area contributed by atoms with Gasteiger partial charge in [-0.1, -0.05) is 13.8 Å². The summed E-state index contributed by atoms with van der Waals surface area (Å²) in [6.07, 6.45) is 2.96. The smallest absolute Gasteiger partial charge is 0.243 e. The number of anilines is 1. The zero-order chi connectivity index (χ0) is 13.7. The second-order valence-corrected chi connectivity index (χ2v) is 4.93. The Morgan fingerprint density at radius 3 is 2.47 bits per heavy atom. The molecule has 19 heavy (non-hydrogen) atoms. The van der Waals surface area contributed by atoms with Crippen LogP contribution in [0.3, 0.4) is 0 Å². The molecule has 1 aliphatic heterocycles. The van der Waals surface area contributed by atoms with E-state index in [1.165, 1.54) is 0 Å². The highest BCUT2D eigenvalue weighted by Crippen LogP contribution is 2.20. The van der Waals surface area contributed by atoms with Gasteiger partial charge in [0.05, 0.1) is 17.0 Å². The van der Waals surface area contributed by atoms with Gasteiger partial charge in [-0.2, -0.15) is 5.10 Å². The van der Waals surface area contributed by atoms with Crippen LogP contribution in [0.4, 0.5) is 5.95 Å². The fourth-order valence-corrected chi connectivity index (χ4v) is 2.18. The zero-order valence-electron chi connectivity index (χ0n) is 11.6. The average molecular weight is 266 g/mol. The first kappa shape index (κ1) is 14.1. The van der Waals surface area contributed by atoms with E-state index >= 15 is 0 Å².